The van der Waals surface area contributed by atoms with Crippen molar-refractivity contribution in [3.8, 4) is 0 Å². The third-order valence-electron chi connectivity index (χ3n) is 4.03. The van der Waals surface area contributed by atoms with Crippen LogP contribution in [0.3, 0.4) is 0 Å². The van der Waals surface area contributed by atoms with Gasteiger partial charge in [-0.15, -0.1) is 0 Å². The first-order valence-corrected chi connectivity index (χ1v) is 6.71. The van der Waals surface area contributed by atoms with Crippen LogP contribution in [0.1, 0.15) is 18.4 Å². The van der Waals surface area contributed by atoms with E-state index in [9.17, 15) is 0 Å². The molecule has 3 nitrogen and oxygen atoms in total. The summed E-state index contributed by atoms with van der Waals surface area (Å²) in [5.41, 5.74) is 8.79. The number of anilines is 1. The molecule has 0 saturated carbocycles. The molecule has 1 aliphatic rings. The molecule has 18 heavy (non-hydrogen) atoms. The molecule has 0 bridgehead atoms. The van der Waals surface area contributed by atoms with Gasteiger partial charge in [-0.05, 0) is 38.4 Å². The van der Waals surface area contributed by atoms with Crippen molar-refractivity contribution in [2.45, 2.75) is 19.8 Å². The summed E-state index contributed by atoms with van der Waals surface area (Å²) in [7, 11) is 2.15. The van der Waals surface area contributed by atoms with Crippen LogP contribution in [0.2, 0.25) is 0 Å². The van der Waals surface area contributed by atoms with Gasteiger partial charge >= 0.3 is 0 Å². The van der Waals surface area contributed by atoms with Gasteiger partial charge in [0.05, 0.1) is 0 Å². The minimum absolute atomic E-state index is 0.220. The molecule has 3 heteroatoms. The van der Waals surface area contributed by atoms with E-state index in [0.29, 0.717) is 0 Å². The largest absolute Gasteiger partial charge is 0.381 e. The van der Waals surface area contributed by atoms with Gasteiger partial charge in [-0.25, -0.2) is 0 Å². The first-order valence-electron chi connectivity index (χ1n) is 6.71. The molecule has 1 aromatic rings. The number of nitrogens with zero attached hydrogens (tertiary/aromatic N) is 1. The average Bonchev–Trinajstić information content (AvgIpc) is 2.40. The third-order valence-corrected chi connectivity index (χ3v) is 4.03. The zero-order valence-electron chi connectivity index (χ0n) is 11.5. The fourth-order valence-corrected chi connectivity index (χ4v) is 2.62. The summed E-state index contributed by atoms with van der Waals surface area (Å²) in [6.07, 6.45) is 2.14. The maximum absolute atomic E-state index is 6.01. The molecular formula is C15H24N2O. The van der Waals surface area contributed by atoms with E-state index in [1.54, 1.807) is 0 Å². The van der Waals surface area contributed by atoms with Gasteiger partial charge in [-0.3, -0.25) is 0 Å². The SMILES string of the molecule is Cc1ccc(N(C)CC2(CN)CCOCC2)cc1. The van der Waals surface area contributed by atoms with Crippen molar-refractivity contribution >= 4 is 5.69 Å². The van der Waals surface area contributed by atoms with Crippen LogP contribution in [0.5, 0.6) is 0 Å². The summed E-state index contributed by atoms with van der Waals surface area (Å²) in [5, 5.41) is 0. The van der Waals surface area contributed by atoms with Gasteiger partial charge in [0, 0.05) is 37.9 Å². The van der Waals surface area contributed by atoms with E-state index in [1.807, 2.05) is 0 Å². The molecule has 1 saturated heterocycles. The Hall–Kier alpha value is -1.06. The first-order chi connectivity index (χ1) is 8.65. The highest BCUT2D eigenvalue weighted by Crippen LogP contribution is 2.31. The number of rotatable bonds is 4. The van der Waals surface area contributed by atoms with E-state index in [1.165, 1.54) is 11.3 Å². The number of hydrogen-bond acceptors (Lipinski definition) is 3. The number of nitrogens with two attached hydrogens (primary N) is 1. The van der Waals surface area contributed by atoms with Gasteiger partial charge in [-0.2, -0.15) is 0 Å². The van der Waals surface area contributed by atoms with Gasteiger partial charge in [-0.1, -0.05) is 17.7 Å². The van der Waals surface area contributed by atoms with Crippen molar-refractivity contribution in [1.29, 1.82) is 0 Å². The first kappa shape index (κ1) is 13.4. The van der Waals surface area contributed by atoms with Crippen LogP contribution in [-0.4, -0.2) is 33.4 Å². The monoisotopic (exact) mass is 248 g/mol. The summed E-state index contributed by atoms with van der Waals surface area (Å²) in [5.74, 6) is 0. The maximum Gasteiger partial charge on any atom is 0.0472 e. The van der Waals surface area contributed by atoms with Gasteiger partial charge < -0.3 is 15.4 Å². The third kappa shape index (κ3) is 3.03. The highest BCUT2D eigenvalue weighted by Gasteiger charge is 2.32. The van der Waals surface area contributed by atoms with Crippen LogP contribution in [0.25, 0.3) is 0 Å². The molecule has 0 aromatic heterocycles. The van der Waals surface area contributed by atoms with Crippen molar-refractivity contribution in [2.75, 3.05) is 38.3 Å². The Morgan fingerprint density at radius 1 is 1.22 bits per heavy atom. The zero-order valence-corrected chi connectivity index (χ0v) is 11.5. The van der Waals surface area contributed by atoms with E-state index < -0.39 is 0 Å². The summed E-state index contributed by atoms with van der Waals surface area (Å²) in [6, 6.07) is 8.67. The smallest absolute Gasteiger partial charge is 0.0472 e. The molecule has 0 unspecified atom stereocenters. The van der Waals surface area contributed by atoms with E-state index >= 15 is 0 Å². The Morgan fingerprint density at radius 2 is 1.83 bits per heavy atom. The Labute approximate surface area is 110 Å². The minimum Gasteiger partial charge on any atom is -0.381 e. The lowest BCUT2D eigenvalue weighted by Crippen LogP contribution is -2.45. The lowest BCUT2D eigenvalue weighted by Gasteiger charge is -2.39. The number of aryl methyl sites for hydroxylation is 1. The normalized spacial score (nSPS) is 18.6. The fourth-order valence-electron chi connectivity index (χ4n) is 2.62. The van der Waals surface area contributed by atoms with Crippen LogP contribution in [-0.2, 0) is 4.74 Å². The van der Waals surface area contributed by atoms with Crippen molar-refractivity contribution in [1.82, 2.24) is 0 Å². The van der Waals surface area contributed by atoms with Gasteiger partial charge in [0.25, 0.3) is 0 Å². The Kier molecular flexibility index (Phi) is 4.25. The summed E-state index contributed by atoms with van der Waals surface area (Å²) >= 11 is 0. The summed E-state index contributed by atoms with van der Waals surface area (Å²) < 4.78 is 5.46. The summed E-state index contributed by atoms with van der Waals surface area (Å²) in [6.45, 7) is 5.56. The quantitative estimate of drug-likeness (QED) is 0.887. The van der Waals surface area contributed by atoms with Crippen LogP contribution >= 0.6 is 0 Å². The lowest BCUT2D eigenvalue weighted by molar-refractivity contribution is 0.0229. The number of hydrogen-bond donors (Lipinski definition) is 1. The molecule has 1 aromatic carbocycles. The van der Waals surface area contributed by atoms with Gasteiger partial charge in [0.15, 0.2) is 0 Å². The molecule has 0 amide bonds. The molecule has 1 fully saturated rings. The van der Waals surface area contributed by atoms with Crippen molar-refractivity contribution in [3.63, 3.8) is 0 Å². The number of ether oxygens (including phenoxy) is 1. The van der Waals surface area contributed by atoms with Crippen molar-refractivity contribution < 1.29 is 4.74 Å². The van der Waals surface area contributed by atoms with Crippen LogP contribution in [0, 0.1) is 12.3 Å². The molecule has 1 aliphatic heterocycles. The zero-order chi connectivity index (χ0) is 13.0. The molecule has 0 aliphatic carbocycles. The van der Waals surface area contributed by atoms with E-state index in [0.717, 1.165) is 39.1 Å². The Balaban J connectivity index is 2.04. The minimum atomic E-state index is 0.220. The van der Waals surface area contributed by atoms with Crippen molar-refractivity contribution in [2.24, 2.45) is 11.1 Å². The second-order valence-electron chi connectivity index (χ2n) is 5.51. The van der Waals surface area contributed by atoms with Crippen molar-refractivity contribution in [3.05, 3.63) is 29.8 Å². The van der Waals surface area contributed by atoms with Gasteiger partial charge in [0.2, 0.25) is 0 Å². The van der Waals surface area contributed by atoms with Gasteiger partial charge in [0.1, 0.15) is 0 Å². The molecule has 100 valence electrons. The molecule has 1 heterocycles. The molecule has 0 atom stereocenters. The highest BCUT2D eigenvalue weighted by molar-refractivity contribution is 5.46. The lowest BCUT2D eigenvalue weighted by atomic mass is 9.80. The van der Waals surface area contributed by atoms with E-state index in [4.69, 9.17) is 10.5 Å². The molecule has 0 spiro atoms. The fraction of sp³-hybridized carbons (Fsp3) is 0.600. The molecular weight excluding hydrogens is 224 g/mol. The number of benzene rings is 1. The van der Waals surface area contributed by atoms with Crippen LogP contribution in [0.15, 0.2) is 24.3 Å². The summed E-state index contributed by atoms with van der Waals surface area (Å²) in [4.78, 5) is 2.32. The van der Waals surface area contributed by atoms with Crippen LogP contribution < -0.4 is 10.6 Å². The molecule has 0 radical (unpaired) electrons. The Morgan fingerprint density at radius 3 is 2.39 bits per heavy atom. The standard InChI is InChI=1S/C15H24N2O/c1-13-3-5-14(6-4-13)17(2)12-15(11-16)7-9-18-10-8-15/h3-6H,7-12,16H2,1-2H3. The van der Waals surface area contributed by atoms with Crippen LogP contribution in [0.4, 0.5) is 5.69 Å². The predicted octanol–water partition coefficient (Wildman–Crippen LogP) is 2.19. The second kappa shape index (κ2) is 5.72. The van der Waals surface area contributed by atoms with E-state index in [-0.39, 0.29) is 5.41 Å². The average molecular weight is 248 g/mol. The highest BCUT2D eigenvalue weighted by atomic mass is 16.5. The topological polar surface area (TPSA) is 38.5 Å². The Bertz CT molecular complexity index is 369. The molecule has 2 rings (SSSR count). The predicted molar refractivity (Wildman–Crippen MR) is 76.0 cm³/mol. The second-order valence-corrected chi connectivity index (χ2v) is 5.51. The maximum atomic E-state index is 6.01. The molecule has 2 N–H and O–H groups in total. The van der Waals surface area contributed by atoms with E-state index in [2.05, 4.69) is 43.1 Å².